The van der Waals surface area contributed by atoms with Crippen LogP contribution in [0.5, 0.6) is 0 Å². The lowest BCUT2D eigenvalue weighted by Gasteiger charge is -2.42. The molecule has 0 aromatic heterocycles. The molecule has 1 heterocycles. The summed E-state index contributed by atoms with van der Waals surface area (Å²) in [6, 6.07) is -0.734. The maximum absolute atomic E-state index is 13.1. The minimum atomic E-state index is -0.486. The van der Waals surface area contributed by atoms with Crippen molar-refractivity contribution in [2.24, 2.45) is 28.9 Å². The van der Waals surface area contributed by atoms with E-state index in [1.807, 2.05) is 4.90 Å². The monoisotopic (exact) mass is 481 g/mol. The lowest BCUT2D eigenvalue weighted by molar-refractivity contribution is -0.124. The van der Waals surface area contributed by atoms with Gasteiger partial charge in [-0.05, 0) is 62.7 Å². The van der Waals surface area contributed by atoms with Crippen LogP contribution >= 0.6 is 12.2 Å². The predicted octanol–water partition coefficient (Wildman–Crippen LogP) is 3.43. The summed E-state index contributed by atoms with van der Waals surface area (Å²) in [4.78, 5) is 28.0. The molecule has 0 bridgehead atoms. The number of carbonyl (C=O) groups excluding carboxylic acids is 2. The zero-order chi connectivity index (χ0) is 24.8. The summed E-state index contributed by atoms with van der Waals surface area (Å²) in [5.74, 6) is 1.14. The van der Waals surface area contributed by atoms with Crippen LogP contribution in [0.15, 0.2) is 0 Å². The maximum Gasteiger partial charge on any atom is 0.407 e. The molecule has 0 aromatic carbocycles. The SMILES string of the molecule is CCOC(=O)N[C@@H](C(=S)N1CCC[C@H]1C(=O)NCC1CCC(C(=N)N)CC1)C(C)(C)C(C)C. The highest BCUT2D eigenvalue weighted by molar-refractivity contribution is 7.80. The van der Waals surface area contributed by atoms with Crippen LogP contribution in [0.2, 0.25) is 0 Å². The normalized spacial score (nSPS) is 24.3. The molecule has 1 saturated heterocycles. The highest BCUT2D eigenvalue weighted by Gasteiger charge is 2.42. The number of nitrogens with two attached hydrogens (primary N) is 1. The zero-order valence-corrected chi connectivity index (χ0v) is 21.7. The minimum Gasteiger partial charge on any atom is -0.450 e. The number of likely N-dealkylation sites (tertiary alicyclic amines) is 1. The summed E-state index contributed by atoms with van der Waals surface area (Å²) in [5.41, 5.74) is 5.33. The molecule has 2 fully saturated rings. The molecule has 33 heavy (non-hydrogen) atoms. The van der Waals surface area contributed by atoms with Crippen molar-refractivity contribution in [1.82, 2.24) is 15.5 Å². The third-order valence-electron chi connectivity index (χ3n) is 7.71. The first-order chi connectivity index (χ1) is 15.5. The molecule has 2 aliphatic rings. The Morgan fingerprint density at radius 3 is 2.39 bits per heavy atom. The Morgan fingerprint density at radius 2 is 1.85 bits per heavy atom. The molecule has 2 rings (SSSR count). The number of carbonyl (C=O) groups is 2. The first-order valence-electron chi connectivity index (χ1n) is 12.3. The van der Waals surface area contributed by atoms with Crippen LogP contribution in [0.25, 0.3) is 0 Å². The molecule has 0 aromatic rings. The van der Waals surface area contributed by atoms with Gasteiger partial charge in [-0.1, -0.05) is 39.9 Å². The fourth-order valence-electron chi connectivity index (χ4n) is 4.70. The van der Waals surface area contributed by atoms with E-state index >= 15 is 0 Å². The van der Waals surface area contributed by atoms with Gasteiger partial charge in [-0.25, -0.2) is 4.79 Å². The highest BCUT2D eigenvalue weighted by Crippen LogP contribution is 2.34. The third kappa shape index (κ3) is 7.04. The fraction of sp³-hybridized carbons (Fsp3) is 0.833. The average molecular weight is 482 g/mol. The quantitative estimate of drug-likeness (QED) is 0.227. The van der Waals surface area contributed by atoms with Crippen molar-refractivity contribution in [1.29, 1.82) is 5.41 Å². The van der Waals surface area contributed by atoms with Gasteiger partial charge >= 0.3 is 6.09 Å². The molecule has 1 saturated carbocycles. The number of alkyl carbamates (subject to hydrolysis) is 1. The number of hydrogen-bond donors (Lipinski definition) is 4. The van der Waals surface area contributed by atoms with Crippen LogP contribution < -0.4 is 16.4 Å². The van der Waals surface area contributed by atoms with Crippen molar-refractivity contribution in [2.45, 2.75) is 85.2 Å². The Bertz CT molecular complexity index is 719. The van der Waals surface area contributed by atoms with Crippen molar-refractivity contribution >= 4 is 35.0 Å². The van der Waals surface area contributed by atoms with Gasteiger partial charge in [0.05, 0.1) is 18.5 Å². The van der Waals surface area contributed by atoms with Gasteiger partial charge in [0.15, 0.2) is 0 Å². The van der Waals surface area contributed by atoms with Crippen LogP contribution in [-0.2, 0) is 9.53 Å². The van der Waals surface area contributed by atoms with Crippen molar-refractivity contribution in [3.8, 4) is 0 Å². The van der Waals surface area contributed by atoms with E-state index < -0.39 is 12.1 Å². The topological polar surface area (TPSA) is 121 Å². The Hall–Kier alpha value is -1.90. The van der Waals surface area contributed by atoms with Crippen molar-refractivity contribution < 1.29 is 14.3 Å². The standard InChI is InChI=1S/C24H43N5O3S/c1-6-32-23(31)28-19(24(4,5)15(2)3)22(33)29-13-7-8-18(29)21(30)27-14-16-9-11-17(12-10-16)20(25)26/h15-19H,6-14H2,1-5H3,(H3,25,26)(H,27,30)(H,28,31)/t16?,17?,18-,19-/m0/s1. The molecule has 9 heteroatoms. The molecule has 8 nitrogen and oxygen atoms in total. The molecule has 2 atom stereocenters. The minimum absolute atomic E-state index is 0.000721. The molecule has 1 aliphatic heterocycles. The van der Waals surface area contributed by atoms with Crippen molar-refractivity contribution in [3.05, 3.63) is 0 Å². The number of amidine groups is 1. The second kappa shape index (κ2) is 12.0. The molecule has 0 spiro atoms. The largest absolute Gasteiger partial charge is 0.450 e. The summed E-state index contributed by atoms with van der Waals surface area (Å²) < 4.78 is 5.13. The Morgan fingerprint density at radius 1 is 1.21 bits per heavy atom. The second-order valence-electron chi connectivity index (χ2n) is 10.4. The molecule has 0 unspecified atom stereocenters. The van der Waals surface area contributed by atoms with Crippen LogP contribution in [0.4, 0.5) is 4.79 Å². The van der Waals surface area contributed by atoms with E-state index in [0.29, 0.717) is 24.0 Å². The first-order valence-corrected chi connectivity index (χ1v) is 12.7. The molecule has 5 N–H and O–H groups in total. The molecular formula is C24H43N5O3S. The third-order valence-corrected chi connectivity index (χ3v) is 8.18. The summed E-state index contributed by atoms with van der Waals surface area (Å²) in [6.45, 7) is 11.8. The van der Waals surface area contributed by atoms with E-state index in [9.17, 15) is 9.59 Å². The average Bonchev–Trinajstić information content (AvgIpc) is 3.25. The smallest absolute Gasteiger partial charge is 0.407 e. The fourth-order valence-corrected chi connectivity index (χ4v) is 5.28. The number of ether oxygens (including phenoxy) is 1. The zero-order valence-electron chi connectivity index (χ0n) is 20.9. The number of nitrogens with zero attached hydrogens (tertiary/aromatic N) is 1. The number of amides is 2. The molecule has 1 aliphatic carbocycles. The molecular weight excluding hydrogens is 438 g/mol. The van der Waals surface area contributed by atoms with E-state index in [-0.39, 0.29) is 41.6 Å². The molecule has 0 radical (unpaired) electrons. The van der Waals surface area contributed by atoms with Gasteiger partial charge < -0.3 is 26.0 Å². The van der Waals surface area contributed by atoms with E-state index in [1.165, 1.54) is 0 Å². The predicted molar refractivity (Wildman–Crippen MR) is 135 cm³/mol. The Kier molecular flexibility index (Phi) is 9.94. The summed E-state index contributed by atoms with van der Waals surface area (Å²) in [6.07, 6.45) is 4.94. The van der Waals surface area contributed by atoms with Crippen LogP contribution in [-0.4, -0.2) is 59.5 Å². The van der Waals surface area contributed by atoms with Gasteiger partial charge in [-0.15, -0.1) is 0 Å². The number of hydrogen-bond acceptors (Lipinski definition) is 5. The van der Waals surface area contributed by atoms with Gasteiger partial charge in [0.2, 0.25) is 5.91 Å². The highest BCUT2D eigenvalue weighted by atomic mass is 32.1. The summed E-state index contributed by atoms with van der Waals surface area (Å²) in [7, 11) is 0. The first kappa shape index (κ1) is 27.3. The maximum atomic E-state index is 13.1. The van der Waals surface area contributed by atoms with E-state index in [0.717, 1.165) is 38.5 Å². The lowest BCUT2D eigenvalue weighted by Crippen LogP contribution is -2.58. The van der Waals surface area contributed by atoms with Crippen LogP contribution in [0.1, 0.15) is 73.1 Å². The van der Waals surface area contributed by atoms with E-state index in [4.69, 9.17) is 28.1 Å². The van der Waals surface area contributed by atoms with Gasteiger partial charge in [-0.2, -0.15) is 0 Å². The molecule has 188 valence electrons. The van der Waals surface area contributed by atoms with Crippen molar-refractivity contribution in [3.63, 3.8) is 0 Å². The summed E-state index contributed by atoms with van der Waals surface area (Å²) >= 11 is 5.89. The van der Waals surface area contributed by atoms with Gasteiger partial charge in [-0.3, -0.25) is 10.2 Å². The van der Waals surface area contributed by atoms with Crippen molar-refractivity contribution in [2.75, 3.05) is 19.7 Å². The molecule has 2 amide bonds. The van der Waals surface area contributed by atoms with Gasteiger partial charge in [0.1, 0.15) is 11.0 Å². The Labute approximate surface area is 204 Å². The Balaban J connectivity index is 2.03. The van der Waals surface area contributed by atoms with Crippen LogP contribution in [0, 0.1) is 28.6 Å². The number of rotatable bonds is 9. The number of thiocarbonyl (C=S) groups is 1. The number of nitrogens with one attached hydrogen (secondary N) is 3. The van der Waals surface area contributed by atoms with Crippen LogP contribution in [0.3, 0.4) is 0 Å². The van der Waals surface area contributed by atoms with Gasteiger partial charge in [0, 0.05) is 19.0 Å². The van der Waals surface area contributed by atoms with Gasteiger partial charge in [0.25, 0.3) is 0 Å². The summed E-state index contributed by atoms with van der Waals surface area (Å²) in [5, 5.41) is 13.7. The lowest BCUT2D eigenvalue weighted by atomic mass is 9.74. The second-order valence-corrected chi connectivity index (χ2v) is 10.8. The van der Waals surface area contributed by atoms with E-state index in [2.05, 4.69) is 38.3 Å². The van der Waals surface area contributed by atoms with E-state index in [1.54, 1.807) is 6.92 Å².